The van der Waals surface area contributed by atoms with E-state index < -0.39 is 10.0 Å². The van der Waals surface area contributed by atoms with Crippen molar-refractivity contribution in [3.05, 3.63) is 18.1 Å². The molecule has 0 aliphatic rings. The molecule has 0 radical (unpaired) electrons. The molecule has 0 amide bonds. The summed E-state index contributed by atoms with van der Waals surface area (Å²) in [6, 6.07) is 0. The van der Waals surface area contributed by atoms with E-state index in [4.69, 9.17) is 5.73 Å². The summed E-state index contributed by atoms with van der Waals surface area (Å²) in [6.45, 7) is 1.61. The fourth-order valence-electron chi connectivity index (χ4n) is 1.18. The molecule has 5 N–H and O–H groups in total. The Bertz CT molecular complexity index is 598. The lowest BCUT2D eigenvalue weighted by Gasteiger charge is -2.04. The fourth-order valence-corrected chi connectivity index (χ4v) is 2.36. The summed E-state index contributed by atoms with van der Waals surface area (Å²) in [5, 5.41) is 12.2. The summed E-state index contributed by atoms with van der Waals surface area (Å²) in [6.07, 6.45) is 2.55. The summed E-state index contributed by atoms with van der Waals surface area (Å²) < 4.78 is 26.0. The number of aromatic amines is 2. The Balaban J connectivity index is 2.36. The number of hydrogen-bond donors (Lipinski definition) is 4. The molecule has 2 aromatic rings. The number of nitrogen functional groups attached to an aromatic ring is 1. The maximum atomic E-state index is 11.9. The second-order valence-corrected chi connectivity index (χ2v) is 4.82. The molecule has 8 nitrogen and oxygen atoms in total. The number of nitrogens with two attached hydrogens (primary N) is 1. The number of nitrogens with zero attached hydrogens (tertiary/aromatic N) is 2. The van der Waals surface area contributed by atoms with Gasteiger partial charge in [-0.3, -0.25) is 14.9 Å². The molecule has 0 bridgehead atoms. The summed E-state index contributed by atoms with van der Waals surface area (Å²) in [5.41, 5.74) is 6.17. The van der Waals surface area contributed by atoms with E-state index in [2.05, 4.69) is 25.1 Å². The van der Waals surface area contributed by atoms with Gasteiger partial charge in [0.15, 0.2) is 5.82 Å². The van der Waals surface area contributed by atoms with E-state index in [9.17, 15) is 8.42 Å². The summed E-state index contributed by atoms with van der Waals surface area (Å²) in [5.74, 6) is 0.139. The van der Waals surface area contributed by atoms with Crippen LogP contribution in [0, 0.1) is 6.92 Å². The first-order valence-corrected chi connectivity index (χ1v) is 5.80. The molecular formula is C7H10N6O2S. The highest BCUT2D eigenvalue weighted by Crippen LogP contribution is 2.19. The van der Waals surface area contributed by atoms with Crippen LogP contribution in [-0.4, -0.2) is 28.8 Å². The molecular weight excluding hydrogens is 232 g/mol. The van der Waals surface area contributed by atoms with Crippen molar-refractivity contribution in [3.8, 4) is 0 Å². The number of rotatable bonds is 3. The lowest BCUT2D eigenvalue weighted by atomic mass is 10.5. The van der Waals surface area contributed by atoms with Crippen molar-refractivity contribution < 1.29 is 8.42 Å². The Kier molecular flexibility index (Phi) is 2.31. The molecule has 0 saturated heterocycles. The van der Waals surface area contributed by atoms with Gasteiger partial charge in [-0.15, -0.1) is 0 Å². The monoisotopic (exact) mass is 242 g/mol. The number of anilines is 2. The van der Waals surface area contributed by atoms with Crippen molar-refractivity contribution in [1.82, 2.24) is 20.4 Å². The second kappa shape index (κ2) is 3.52. The molecule has 0 aliphatic heterocycles. The van der Waals surface area contributed by atoms with Crippen LogP contribution in [0.1, 0.15) is 5.69 Å². The standard InChI is InChI=1S/C7H10N6O2S/c1-4-6(3-10-11-4)16(14,15)13-7-5(8)2-9-12-7/h2-3H,8H2,1H3,(H,10,11)(H2,9,12,13). The van der Waals surface area contributed by atoms with Gasteiger partial charge in [-0.2, -0.15) is 10.2 Å². The normalized spacial score (nSPS) is 11.6. The molecule has 0 unspecified atom stereocenters. The van der Waals surface area contributed by atoms with E-state index in [0.717, 1.165) is 0 Å². The highest BCUT2D eigenvalue weighted by Gasteiger charge is 2.20. The van der Waals surface area contributed by atoms with Gasteiger partial charge in [-0.1, -0.05) is 0 Å². The molecule has 2 heterocycles. The predicted molar refractivity (Wildman–Crippen MR) is 57.1 cm³/mol. The van der Waals surface area contributed by atoms with Crippen LogP contribution >= 0.6 is 0 Å². The molecule has 0 saturated carbocycles. The number of H-pyrrole nitrogens is 2. The van der Waals surface area contributed by atoms with Gasteiger partial charge in [-0.05, 0) is 6.92 Å². The van der Waals surface area contributed by atoms with Gasteiger partial charge >= 0.3 is 0 Å². The van der Waals surface area contributed by atoms with Crippen molar-refractivity contribution in [2.75, 3.05) is 10.5 Å². The molecule has 9 heteroatoms. The number of aryl methyl sites for hydroxylation is 1. The van der Waals surface area contributed by atoms with E-state index in [1.54, 1.807) is 6.92 Å². The van der Waals surface area contributed by atoms with Crippen LogP contribution in [0.25, 0.3) is 0 Å². The number of aromatic nitrogens is 4. The average Bonchev–Trinajstić information content (AvgIpc) is 2.76. The number of sulfonamides is 1. The Labute approximate surface area is 91.3 Å². The maximum Gasteiger partial charge on any atom is 0.266 e. The van der Waals surface area contributed by atoms with E-state index in [-0.39, 0.29) is 16.4 Å². The lowest BCUT2D eigenvalue weighted by molar-refractivity contribution is 0.600. The van der Waals surface area contributed by atoms with Gasteiger partial charge in [0.05, 0.1) is 23.8 Å². The van der Waals surface area contributed by atoms with Gasteiger partial charge in [0.25, 0.3) is 10.0 Å². The van der Waals surface area contributed by atoms with Crippen LogP contribution in [-0.2, 0) is 10.0 Å². The van der Waals surface area contributed by atoms with Gasteiger partial charge in [0, 0.05) is 0 Å². The van der Waals surface area contributed by atoms with Gasteiger partial charge in [0.2, 0.25) is 0 Å². The minimum atomic E-state index is -3.69. The van der Waals surface area contributed by atoms with Crippen molar-refractivity contribution in [2.45, 2.75) is 11.8 Å². The zero-order valence-electron chi connectivity index (χ0n) is 8.35. The molecule has 0 aliphatic carbocycles. The minimum absolute atomic E-state index is 0.0708. The van der Waals surface area contributed by atoms with Crippen LogP contribution in [0.2, 0.25) is 0 Å². The van der Waals surface area contributed by atoms with E-state index in [1.807, 2.05) is 0 Å². The Morgan fingerprint density at radius 3 is 2.50 bits per heavy atom. The van der Waals surface area contributed by atoms with Crippen molar-refractivity contribution in [1.29, 1.82) is 0 Å². The third kappa shape index (κ3) is 1.72. The predicted octanol–water partition coefficient (Wildman–Crippen LogP) is -0.176. The first-order chi connectivity index (χ1) is 7.50. The van der Waals surface area contributed by atoms with Gasteiger partial charge in [-0.25, -0.2) is 8.42 Å². The second-order valence-electron chi connectivity index (χ2n) is 3.17. The average molecular weight is 242 g/mol. The Morgan fingerprint density at radius 1 is 1.31 bits per heavy atom. The summed E-state index contributed by atoms with van der Waals surface area (Å²) in [7, 11) is -3.69. The number of nitrogens with one attached hydrogen (secondary N) is 3. The SMILES string of the molecule is Cc1[nH]ncc1S(=O)(=O)Nc1[nH]ncc1N. The third-order valence-electron chi connectivity index (χ3n) is 1.98. The molecule has 0 spiro atoms. The molecule has 0 fully saturated rings. The van der Waals surface area contributed by atoms with E-state index in [1.165, 1.54) is 12.4 Å². The first-order valence-electron chi connectivity index (χ1n) is 4.32. The zero-order chi connectivity index (χ0) is 11.8. The summed E-state index contributed by atoms with van der Waals surface area (Å²) >= 11 is 0. The number of hydrogen-bond acceptors (Lipinski definition) is 5. The first kappa shape index (κ1) is 10.5. The topological polar surface area (TPSA) is 130 Å². The molecule has 2 rings (SSSR count). The third-order valence-corrected chi connectivity index (χ3v) is 3.44. The van der Waals surface area contributed by atoms with Crippen LogP contribution in [0.3, 0.4) is 0 Å². The van der Waals surface area contributed by atoms with Crippen LogP contribution < -0.4 is 10.5 Å². The molecule has 2 aromatic heterocycles. The molecule has 0 aromatic carbocycles. The van der Waals surface area contributed by atoms with Gasteiger partial charge in [0.1, 0.15) is 4.90 Å². The van der Waals surface area contributed by atoms with Crippen molar-refractivity contribution >= 4 is 21.5 Å². The highest BCUT2D eigenvalue weighted by atomic mass is 32.2. The smallest absolute Gasteiger partial charge is 0.266 e. The summed E-state index contributed by atoms with van der Waals surface area (Å²) in [4.78, 5) is 0.0708. The van der Waals surface area contributed by atoms with Crippen LogP contribution in [0.4, 0.5) is 11.5 Å². The van der Waals surface area contributed by atoms with Gasteiger partial charge < -0.3 is 5.73 Å². The fraction of sp³-hybridized carbons (Fsp3) is 0.143. The van der Waals surface area contributed by atoms with E-state index in [0.29, 0.717) is 5.69 Å². The largest absolute Gasteiger partial charge is 0.394 e. The quantitative estimate of drug-likeness (QED) is 0.593. The minimum Gasteiger partial charge on any atom is -0.394 e. The van der Waals surface area contributed by atoms with Crippen molar-refractivity contribution in [2.24, 2.45) is 0 Å². The Hall–Kier alpha value is -2.03. The highest BCUT2D eigenvalue weighted by molar-refractivity contribution is 7.92. The zero-order valence-corrected chi connectivity index (χ0v) is 9.17. The molecule has 86 valence electrons. The van der Waals surface area contributed by atoms with Crippen LogP contribution in [0.15, 0.2) is 17.3 Å². The van der Waals surface area contributed by atoms with Crippen molar-refractivity contribution in [3.63, 3.8) is 0 Å². The lowest BCUT2D eigenvalue weighted by Crippen LogP contribution is -2.14. The van der Waals surface area contributed by atoms with E-state index >= 15 is 0 Å². The Morgan fingerprint density at radius 2 is 2.00 bits per heavy atom. The molecule has 0 atom stereocenters. The maximum absolute atomic E-state index is 11.9. The van der Waals surface area contributed by atoms with Crippen LogP contribution in [0.5, 0.6) is 0 Å². The molecule has 16 heavy (non-hydrogen) atoms.